The fourth-order valence-corrected chi connectivity index (χ4v) is 2.79. The van der Waals surface area contributed by atoms with Crippen molar-refractivity contribution in [3.63, 3.8) is 0 Å². The lowest BCUT2D eigenvalue weighted by molar-refractivity contribution is -0.119. The molecule has 0 aliphatic heterocycles. The maximum absolute atomic E-state index is 11.9. The minimum Gasteiger partial charge on any atom is -0.452 e. The number of esters is 1. The molecule has 0 atom stereocenters. The first-order chi connectivity index (χ1) is 12.2. The van der Waals surface area contributed by atoms with E-state index in [0.717, 1.165) is 6.26 Å². The van der Waals surface area contributed by atoms with E-state index in [-0.39, 0.29) is 27.8 Å². The van der Waals surface area contributed by atoms with Gasteiger partial charge in [-0.15, -0.1) is 0 Å². The number of aliphatic hydroxyl groups excluding tert-OH is 1. The number of nitrogens with one attached hydrogen (secondary N) is 1. The van der Waals surface area contributed by atoms with Crippen molar-refractivity contribution in [3.8, 4) is 0 Å². The van der Waals surface area contributed by atoms with Crippen LogP contribution in [0.15, 0.2) is 47.4 Å². The van der Waals surface area contributed by atoms with E-state index < -0.39 is 28.3 Å². The average molecular weight is 398 g/mol. The Bertz CT molecular complexity index is 925. The summed E-state index contributed by atoms with van der Waals surface area (Å²) in [6, 6.07) is 9.97. The molecule has 2 rings (SSSR count). The molecule has 0 heterocycles. The minimum absolute atomic E-state index is 0.00170. The van der Waals surface area contributed by atoms with E-state index in [1.807, 2.05) is 0 Å². The summed E-state index contributed by atoms with van der Waals surface area (Å²) in [5.41, 5.74) is 0.967. The number of halogens is 1. The zero-order valence-corrected chi connectivity index (χ0v) is 15.3. The fraction of sp³-hybridized carbons (Fsp3) is 0.176. The molecule has 0 unspecified atom stereocenters. The molecule has 0 fully saturated rings. The number of hydrogen-bond donors (Lipinski definition) is 2. The molecule has 2 N–H and O–H groups in total. The zero-order chi connectivity index (χ0) is 19.3. The Morgan fingerprint density at radius 1 is 1.15 bits per heavy atom. The Balaban J connectivity index is 1.99. The Morgan fingerprint density at radius 3 is 2.38 bits per heavy atom. The monoisotopic (exact) mass is 397 g/mol. The van der Waals surface area contributed by atoms with Crippen LogP contribution in [0.25, 0.3) is 0 Å². The van der Waals surface area contributed by atoms with Crippen LogP contribution in [0.5, 0.6) is 0 Å². The van der Waals surface area contributed by atoms with Gasteiger partial charge in [0, 0.05) is 6.26 Å². The third-order valence-electron chi connectivity index (χ3n) is 3.35. The molecule has 2 aromatic carbocycles. The van der Waals surface area contributed by atoms with E-state index in [0.29, 0.717) is 5.56 Å². The lowest BCUT2D eigenvalue weighted by atomic mass is 10.1. The molecule has 138 valence electrons. The van der Waals surface area contributed by atoms with Gasteiger partial charge in [-0.25, -0.2) is 13.2 Å². The van der Waals surface area contributed by atoms with Gasteiger partial charge in [0.1, 0.15) is 0 Å². The lowest BCUT2D eigenvalue weighted by Gasteiger charge is -2.09. The van der Waals surface area contributed by atoms with Gasteiger partial charge >= 0.3 is 5.97 Å². The number of amides is 1. The molecule has 0 aliphatic rings. The highest BCUT2D eigenvalue weighted by Gasteiger charge is 2.14. The highest BCUT2D eigenvalue weighted by molar-refractivity contribution is 7.90. The average Bonchev–Trinajstić information content (AvgIpc) is 2.60. The first-order valence-corrected chi connectivity index (χ1v) is 9.64. The molecule has 9 heteroatoms. The Kier molecular flexibility index (Phi) is 6.36. The van der Waals surface area contributed by atoms with Gasteiger partial charge in [0.05, 0.1) is 27.8 Å². The SMILES string of the molecule is CS(=O)(=O)c1ccc(Cl)c(NC(=O)COC(=O)c2ccc(CO)cc2)c1. The van der Waals surface area contributed by atoms with Crippen molar-refractivity contribution in [1.82, 2.24) is 0 Å². The number of aliphatic hydroxyl groups is 1. The smallest absolute Gasteiger partial charge is 0.338 e. The molecule has 2 aromatic rings. The number of benzene rings is 2. The van der Waals surface area contributed by atoms with E-state index in [4.69, 9.17) is 21.4 Å². The largest absolute Gasteiger partial charge is 0.452 e. The number of carbonyl (C=O) groups excluding carboxylic acids is 2. The Morgan fingerprint density at radius 2 is 1.81 bits per heavy atom. The number of carbonyl (C=O) groups is 2. The summed E-state index contributed by atoms with van der Waals surface area (Å²) in [6.45, 7) is -0.717. The van der Waals surface area contributed by atoms with E-state index in [9.17, 15) is 18.0 Å². The third-order valence-corrected chi connectivity index (χ3v) is 4.79. The molecule has 0 saturated carbocycles. The summed E-state index contributed by atoms with van der Waals surface area (Å²) in [5.74, 6) is -1.38. The van der Waals surface area contributed by atoms with Crippen LogP contribution in [0.4, 0.5) is 5.69 Å². The fourth-order valence-electron chi connectivity index (χ4n) is 1.98. The predicted molar refractivity (Wildman–Crippen MR) is 95.8 cm³/mol. The van der Waals surface area contributed by atoms with Gasteiger partial charge in [-0.1, -0.05) is 23.7 Å². The highest BCUT2D eigenvalue weighted by atomic mass is 35.5. The van der Waals surface area contributed by atoms with Gasteiger partial charge in [0.25, 0.3) is 5.91 Å². The summed E-state index contributed by atoms with van der Waals surface area (Å²) >= 11 is 5.94. The number of ether oxygens (including phenoxy) is 1. The number of sulfone groups is 1. The van der Waals surface area contributed by atoms with Crippen molar-refractivity contribution in [2.45, 2.75) is 11.5 Å². The topological polar surface area (TPSA) is 110 Å². The van der Waals surface area contributed by atoms with Crippen molar-refractivity contribution in [1.29, 1.82) is 0 Å². The van der Waals surface area contributed by atoms with Crippen molar-refractivity contribution >= 4 is 39.0 Å². The standard InChI is InChI=1S/C17H16ClNO6S/c1-26(23,24)13-6-7-14(18)15(8-13)19-16(21)10-25-17(22)12-4-2-11(9-20)3-5-12/h2-8,20H,9-10H2,1H3,(H,19,21). The number of rotatable bonds is 6. The number of hydrogen-bond acceptors (Lipinski definition) is 6. The van der Waals surface area contributed by atoms with Crippen molar-refractivity contribution in [2.75, 3.05) is 18.2 Å². The maximum Gasteiger partial charge on any atom is 0.338 e. The van der Waals surface area contributed by atoms with Crippen LogP contribution in [0.2, 0.25) is 5.02 Å². The van der Waals surface area contributed by atoms with Crippen LogP contribution < -0.4 is 5.32 Å². The highest BCUT2D eigenvalue weighted by Crippen LogP contribution is 2.25. The summed E-state index contributed by atoms with van der Waals surface area (Å²) < 4.78 is 28.0. The van der Waals surface area contributed by atoms with E-state index in [1.165, 1.54) is 30.3 Å². The molecule has 26 heavy (non-hydrogen) atoms. The Hall–Kier alpha value is -2.42. The summed E-state index contributed by atoms with van der Waals surface area (Å²) in [4.78, 5) is 23.8. The molecule has 0 aromatic heterocycles. The van der Waals surface area contributed by atoms with Gasteiger partial charge < -0.3 is 15.2 Å². The first-order valence-electron chi connectivity index (χ1n) is 7.37. The molecule has 0 aliphatic carbocycles. The summed E-state index contributed by atoms with van der Waals surface area (Å²) in [5, 5.41) is 11.5. The van der Waals surface area contributed by atoms with Crippen LogP contribution in [0, 0.1) is 0 Å². The molecular formula is C17H16ClNO6S. The lowest BCUT2D eigenvalue weighted by Crippen LogP contribution is -2.21. The normalized spacial score (nSPS) is 11.0. The van der Waals surface area contributed by atoms with E-state index in [2.05, 4.69) is 5.32 Å². The van der Waals surface area contributed by atoms with Gasteiger partial charge in [0.15, 0.2) is 16.4 Å². The van der Waals surface area contributed by atoms with Crippen molar-refractivity contribution < 1.29 is 27.9 Å². The molecule has 1 amide bonds. The molecular weight excluding hydrogens is 382 g/mol. The maximum atomic E-state index is 11.9. The predicted octanol–water partition coefficient (Wildman–Crippen LogP) is 2.03. The second kappa shape index (κ2) is 8.31. The minimum atomic E-state index is -3.46. The van der Waals surface area contributed by atoms with E-state index >= 15 is 0 Å². The van der Waals surface area contributed by atoms with Crippen LogP contribution >= 0.6 is 11.6 Å². The van der Waals surface area contributed by atoms with Crippen LogP contribution in [-0.4, -0.2) is 38.3 Å². The van der Waals surface area contributed by atoms with Crippen LogP contribution in [0.3, 0.4) is 0 Å². The first kappa shape index (κ1) is 19.9. The van der Waals surface area contributed by atoms with Crippen molar-refractivity contribution in [2.24, 2.45) is 0 Å². The summed E-state index contributed by atoms with van der Waals surface area (Å²) in [7, 11) is -3.46. The Labute approximate surface area is 155 Å². The van der Waals surface area contributed by atoms with Gasteiger partial charge in [0.2, 0.25) is 0 Å². The number of anilines is 1. The summed E-state index contributed by atoms with van der Waals surface area (Å²) in [6.07, 6.45) is 1.03. The molecule has 0 spiro atoms. The molecule has 0 saturated heterocycles. The van der Waals surface area contributed by atoms with Gasteiger partial charge in [-0.2, -0.15) is 0 Å². The second-order valence-corrected chi connectivity index (χ2v) is 7.82. The van der Waals surface area contributed by atoms with Crippen LogP contribution in [-0.2, 0) is 26.0 Å². The quantitative estimate of drug-likeness (QED) is 0.722. The van der Waals surface area contributed by atoms with E-state index in [1.54, 1.807) is 12.1 Å². The van der Waals surface area contributed by atoms with Gasteiger partial charge in [-0.05, 0) is 35.9 Å². The molecule has 0 radical (unpaired) electrons. The second-order valence-electron chi connectivity index (χ2n) is 5.39. The van der Waals surface area contributed by atoms with Gasteiger partial charge in [-0.3, -0.25) is 4.79 Å². The van der Waals surface area contributed by atoms with Crippen molar-refractivity contribution in [3.05, 3.63) is 58.6 Å². The molecule has 0 bridgehead atoms. The molecule has 7 nitrogen and oxygen atoms in total. The van der Waals surface area contributed by atoms with Crippen LogP contribution in [0.1, 0.15) is 15.9 Å². The third kappa shape index (κ3) is 5.29. The zero-order valence-electron chi connectivity index (χ0n) is 13.7.